The topological polar surface area (TPSA) is 72.3 Å². The molecular formula is C12H7ClN2O3. The second-order valence-electron chi connectivity index (χ2n) is 3.60. The Hall–Kier alpha value is -2.27. The number of halogens is 1. The lowest BCUT2D eigenvalue weighted by atomic mass is 10.2. The summed E-state index contributed by atoms with van der Waals surface area (Å²) in [6, 6.07) is 6.41. The number of nitrogens with zero attached hydrogens (tertiary/aromatic N) is 2. The van der Waals surface area contributed by atoms with Gasteiger partial charge in [0.2, 0.25) is 5.82 Å². The molecule has 0 aliphatic heterocycles. The quantitative estimate of drug-likeness (QED) is 0.767. The minimum atomic E-state index is 0.00925. The molecule has 0 saturated heterocycles. The first-order chi connectivity index (χ1) is 8.74. The number of rotatable bonds is 2. The first-order valence-electron chi connectivity index (χ1n) is 5.09. The van der Waals surface area contributed by atoms with Crippen LogP contribution in [0.3, 0.4) is 0 Å². The Kier molecular flexibility index (Phi) is 2.53. The molecule has 1 N–H and O–H groups in total. The predicted molar refractivity (Wildman–Crippen MR) is 64.1 cm³/mol. The van der Waals surface area contributed by atoms with Gasteiger partial charge in [-0.3, -0.25) is 0 Å². The third kappa shape index (κ3) is 1.84. The molecule has 0 bridgehead atoms. The highest BCUT2D eigenvalue weighted by Gasteiger charge is 2.12. The van der Waals surface area contributed by atoms with Crippen molar-refractivity contribution in [3.8, 4) is 28.6 Å². The van der Waals surface area contributed by atoms with Crippen LogP contribution in [-0.2, 0) is 0 Å². The normalized spacial score (nSPS) is 10.7. The van der Waals surface area contributed by atoms with Crippen molar-refractivity contribution in [3.05, 3.63) is 41.8 Å². The summed E-state index contributed by atoms with van der Waals surface area (Å²) in [7, 11) is 0. The number of aromatic nitrogens is 2. The molecule has 0 saturated carbocycles. The maximum absolute atomic E-state index is 9.34. The van der Waals surface area contributed by atoms with Gasteiger partial charge in [0.05, 0.1) is 16.8 Å². The number of phenolic OH excluding ortho intramolecular Hbond substituents is 1. The van der Waals surface area contributed by atoms with Crippen LogP contribution in [0.4, 0.5) is 0 Å². The Morgan fingerprint density at radius 1 is 1.17 bits per heavy atom. The molecule has 3 rings (SSSR count). The van der Waals surface area contributed by atoms with E-state index >= 15 is 0 Å². The van der Waals surface area contributed by atoms with Gasteiger partial charge in [0.15, 0.2) is 0 Å². The van der Waals surface area contributed by atoms with E-state index in [2.05, 4.69) is 10.1 Å². The van der Waals surface area contributed by atoms with Gasteiger partial charge in [0.1, 0.15) is 12.0 Å². The van der Waals surface area contributed by atoms with E-state index in [0.29, 0.717) is 17.3 Å². The maximum Gasteiger partial charge on any atom is 0.258 e. The summed E-state index contributed by atoms with van der Waals surface area (Å²) in [5.74, 6) is 0.769. The van der Waals surface area contributed by atoms with Crippen LogP contribution in [0.25, 0.3) is 22.8 Å². The van der Waals surface area contributed by atoms with Crippen LogP contribution in [0.2, 0.25) is 5.02 Å². The molecule has 0 radical (unpaired) electrons. The number of aromatic hydroxyl groups is 1. The number of phenols is 1. The zero-order valence-electron chi connectivity index (χ0n) is 9.00. The van der Waals surface area contributed by atoms with Crippen molar-refractivity contribution in [2.45, 2.75) is 0 Å². The van der Waals surface area contributed by atoms with Crippen molar-refractivity contribution in [1.82, 2.24) is 10.1 Å². The Balaban J connectivity index is 2.00. The van der Waals surface area contributed by atoms with Gasteiger partial charge in [-0.15, -0.1) is 0 Å². The van der Waals surface area contributed by atoms with Crippen molar-refractivity contribution in [2.75, 3.05) is 0 Å². The second kappa shape index (κ2) is 4.19. The zero-order valence-corrected chi connectivity index (χ0v) is 9.76. The number of hydrogen-bond donors (Lipinski definition) is 1. The summed E-state index contributed by atoms with van der Waals surface area (Å²) in [4.78, 5) is 4.22. The Morgan fingerprint density at radius 2 is 2.06 bits per heavy atom. The lowest BCUT2D eigenvalue weighted by molar-refractivity contribution is 0.432. The first-order valence-corrected chi connectivity index (χ1v) is 5.47. The van der Waals surface area contributed by atoms with E-state index in [1.807, 2.05) is 0 Å². The summed E-state index contributed by atoms with van der Waals surface area (Å²) < 4.78 is 10.1. The average molecular weight is 263 g/mol. The van der Waals surface area contributed by atoms with Gasteiger partial charge in [-0.25, -0.2) is 0 Å². The monoisotopic (exact) mass is 262 g/mol. The summed E-state index contributed by atoms with van der Waals surface area (Å²) in [6.45, 7) is 0. The first kappa shape index (κ1) is 10.9. The molecule has 1 aromatic carbocycles. The van der Waals surface area contributed by atoms with Crippen LogP contribution in [-0.4, -0.2) is 15.2 Å². The average Bonchev–Trinajstić information content (AvgIpc) is 3.01. The fourth-order valence-corrected chi connectivity index (χ4v) is 1.67. The lowest BCUT2D eigenvalue weighted by Crippen LogP contribution is -1.79. The van der Waals surface area contributed by atoms with E-state index in [1.54, 1.807) is 18.2 Å². The van der Waals surface area contributed by atoms with Gasteiger partial charge >= 0.3 is 0 Å². The molecular weight excluding hydrogens is 256 g/mol. The van der Waals surface area contributed by atoms with Crippen LogP contribution in [0, 0.1) is 0 Å². The Morgan fingerprint density at radius 3 is 2.78 bits per heavy atom. The fourth-order valence-electron chi connectivity index (χ4n) is 1.49. The van der Waals surface area contributed by atoms with E-state index in [-0.39, 0.29) is 10.8 Å². The summed E-state index contributed by atoms with van der Waals surface area (Å²) in [6.07, 6.45) is 3.06. The van der Waals surface area contributed by atoms with Gasteiger partial charge in [-0.1, -0.05) is 16.8 Å². The van der Waals surface area contributed by atoms with E-state index in [9.17, 15) is 5.11 Å². The maximum atomic E-state index is 9.34. The number of hydrogen-bond acceptors (Lipinski definition) is 5. The Bertz CT molecular complexity index is 676. The van der Waals surface area contributed by atoms with Crippen molar-refractivity contribution >= 4 is 11.6 Å². The highest BCUT2D eigenvalue weighted by atomic mass is 35.5. The van der Waals surface area contributed by atoms with Crippen LogP contribution in [0.5, 0.6) is 5.75 Å². The highest BCUT2D eigenvalue weighted by Crippen LogP contribution is 2.29. The molecule has 0 aliphatic carbocycles. The van der Waals surface area contributed by atoms with Crippen molar-refractivity contribution in [1.29, 1.82) is 0 Å². The van der Waals surface area contributed by atoms with Crippen LogP contribution >= 0.6 is 11.6 Å². The molecule has 6 heteroatoms. The molecule has 2 heterocycles. The van der Waals surface area contributed by atoms with Gasteiger partial charge in [0.25, 0.3) is 5.89 Å². The molecule has 18 heavy (non-hydrogen) atoms. The van der Waals surface area contributed by atoms with Crippen molar-refractivity contribution < 1.29 is 14.0 Å². The predicted octanol–water partition coefficient (Wildman–Crippen LogP) is 3.36. The molecule has 3 aromatic rings. The number of benzene rings is 1. The third-order valence-corrected chi connectivity index (χ3v) is 2.70. The number of furan rings is 1. The minimum Gasteiger partial charge on any atom is -0.506 e. The molecule has 0 unspecified atom stereocenters. The molecule has 2 aromatic heterocycles. The Labute approximate surface area is 107 Å². The highest BCUT2D eigenvalue weighted by molar-refractivity contribution is 6.32. The lowest BCUT2D eigenvalue weighted by Gasteiger charge is -1.97. The molecule has 5 nitrogen and oxygen atoms in total. The van der Waals surface area contributed by atoms with Crippen molar-refractivity contribution in [3.63, 3.8) is 0 Å². The van der Waals surface area contributed by atoms with E-state index < -0.39 is 0 Å². The second-order valence-corrected chi connectivity index (χ2v) is 4.01. The largest absolute Gasteiger partial charge is 0.506 e. The van der Waals surface area contributed by atoms with E-state index in [4.69, 9.17) is 20.5 Å². The fraction of sp³-hybridized carbons (Fsp3) is 0. The molecule has 90 valence electrons. The molecule has 0 aliphatic rings. The van der Waals surface area contributed by atoms with Crippen LogP contribution in [0.15, 0.2) is 45.7 Å². The molecule has 0 amide bonds. The standard InChI is InChI=1S/C12H7ClN2O3/c13-9-5-7(1-2-10(9)16)12-14-11(15-18-12)8-3-4-17-6-8/h1-6,16H. The molecule has 0 fully saturated rings. The molecule has 0 atom stereocenters. The van der Waals surface area contributed by atoms with Crippen molar-refractivity contribution in [2.24, 2.45) is 0 Å². The molecule has 0 spiro atoms. The summed E-state index contributed by atoms with van der Waals surface area (Å²) >= 11 is 5.82. The summed E-state index contributed by atoms with van der Waals surface area (Å²) in [5.41, 5.74) is 1.37. The third-order valence-electron chi connectivity index (χ3n) is 2.40. The van der Waals surface area contributed by atoms with Crippen LogP contribution in [0.1, 0.15) is 0 Å². The van der Waals surface area contributed by atoms with Crippen LogP contribution < -0.4 is 0 Å². The van der Waals surface area contributed by atoms with Gasteiger partial charge in [0, 0.05) is 5.56 Å². The van der Waals surface area contributed by atoms with Gasteiger partial charge < -0.3 is 14.0 Å². The smallest absolute Gasteiger partial charge is 0.258 e. The van der Waals surface area contributed by atoms with E-state index in [0.717, 1.165) is 5.56 Å². The SMILES string of the molecule is Oc1ccc(-c2nc(-c3ccoc3)no2)cc1Cl. The van der Waals surface area contributed by atoms with Gasteiger partial charge in [-0.05, 0) is 24.3 Å². The summed E-state index contributed by atoms with van der Waals surface area (Å²) in [5, 5.41) is 13.4. The zero-order chi connectivity index (χ0) is 12.5. The van der Waals surface area contributed by atoms with Gasteiger partial charge in [-0.2, -0.15) is 4.98 Å². The minimum absolute atomic E-state index is 0.00925. The van der Waals surface area contributed by atoms with E-state index in [1.165, 1.54) is 18.6 Å².